The van der Waals surface area contributed by atoms with Crippen molar-refractivity contribution < 1.29 is 0 Å². The fraction of sp³-hybridized carbons (Fsp3) is 0.364. The summed E-state index contributed by atoms with van der Waals surface area (Å²) in [7, 11) is 0. The topological polar surface area (TPSA) is 0 Å². The van der Waals surface area contributed by atoms with Crippen molar-refractivity contribution >= 4 is 15.9 Å². The van der Waals surface area contributed by atoms with Crippen LogP contribution in [0.1, 0.15) is 31.7 Å². The first-order valence-electron chi connectivity index (χ1n) is 4.41. The second-order valence-electron chi connectivity index (χ2n) is 2.90. The minimum Gasteiger partial charge on any atom is -0.0654 e. The lowest BCUT2D eigenvalue weighted by molar-refractivity contribution is 0.791. The molecule has 1 radical (unpaired) electrons. The van der Waals surface area contributed by atoms with Crippen LogP contribution in [-0.4, -0.2) is 0 Å². The van der Waals surface area contributed by atoms with Gasteiger partial charge in [0.1, 0.15) is 0 Å². The summed E-state index contributed by atoms with van der Waals surface area (Å²) in [5.41, 5.74) is 1.33. The van der Waals surface area contributed by atoms with Crippen LogP contribution in [0.15, 0.2) is 28.7 Å². The molecular weight excluding hydrogens is 212 g/mol. The van der Waals surface area contributed by atoms with Crippen LogP contribution in [0.2, 0.25) is 0 Å². The van der Waals surface area contributed by atoms with Crippen molar-refractivity contribution in [2.75, 3.05) is 0 Å². The lowest BCUT2D eigenvalue weighted by Gasteiger charge is -1.99. The van der Waals surface area contributed by atoms with Gasteiger partial charge in [0.2, 0.25) is 0 Å². The Balaban J connectivity index is 2.37. The van der Waals surface area contributed by atoms with Gasteiger partial charge in [-0.3, -0.25) is 0 Å². The Morgan fingerprint density at radius 2 is 1.92 bits per heavy atom. The van der Waals surface area contributed by atoms with Gasteiger partial charge < -0.3 is 0 Å². The average Bonchev–Trinajstić information content (AvgIpc) is 2.09. The largest absolute Gasteiger partial charge is 0.0654 e. The van der Waals surface area contributed by atoms with Gasteiger partial charge in [-0.15, -0.1) is 0 Å². The van der Waals surface area contributed by atoms with E-state index in [0.717, 1.165) is 4.47 Å². The molecule has 12 heavy (non-hydrogen) atoms. The highest BCUT2D eigenvalue weighted by Crippen LogP contribution is 2.13. The zero-order valence-electron chi connectivity index (χ0n) is 7.39. The molecule has 0 aliphatic rings. The molecule has 0 aromatic heterocycles. The first kappa shape index (κ1) is 9.79. The summed E-state index contributed by atoms with van der Waals surface area (Å²) < 4.78 is 1.15. The molecule has 0 N–H and O–H groups in total. The van der Waals surface area contributed by atoms with Gasteiger partial charge in [-0.05, 0) is 30.5 Å². The van der Waals surface area contributed by atoms with Crippen LogP contribution < -0.4 is 0 Å². The SMILES string of the molecule is CCCC[CH]c1ccc(Br)cc1. The van der Waals surface area contributed by atoms with E-state index in [9.17, 15) is 0 Å². The van der Waals surface area contributed by atoms with E-state index in [1.54, 1.807) is 0 Å². The Labute approximate surface area is 83.1 Å². The number of unbranched alkanes of at least 4 members (excludes halogenated alkanes) is 2. The molecule has 65 valence electrons. The van der Waals surface area contributed by atoms with E-state index in [1.165, 1.54) is 24.8 Å². The van der Waals surface area contributed by atoms with Gasteiger partial charge in [0, 0.05) is 4.47 Å². The van der Waals surface area contributed by atoms with Crippen LogP contribution in [0.3, 0.4) is 0 Å². The molecule has 0 saturated heterocycles. The third kappa shape index (κ3) is 3.40. The Morgan fingerprint density at radius 3 is 2.50 bits per heavy atom. The third-order valence-electron chi connectivity index (χ3n) is 1.81. The zero-order chi connectivity index (χ0) is 8.81. The van der Waals surface area contributed by atoms with Gasteiger partial charge in [0.05, 0.1) is 0 Å². The molecule has 0 aliphatic carbocycles. The summed E-state index contributed by atoms with van der Waals surface area (Å²) in [6, 6.07) is 8.44. The number of rotatable bonds is 4. The van der Waals surface area contributed by atoms with Crippen molar-refractivity contribution in [2.45, 2.75) is 26.2 Å². The quantitative estimate of drug-likeness (QED) is 0.675. The van der Waals surface area contributed by atoms with E-state index < -0.39 is 0 Å². The van der Waals surface area contributed by atoms with Gasteiger partial charge in [0.25, 0.3) is 0 Å². The molecule has 0 saturated carbocycles. The predicted molar refractivity (Wildman–Crippen MR) is 57.1 cm³/mol. The van der Waals surface area contributed by atoms with Crippen LogP contribution in [-0.2, 0) is 0 Å². The Morgan fingerprint density at radius 1 is 1.25 bits per heavy atom. The lowest BCUT2D eigenvalue weighted by Crippen LogP contribution is -1.81. The average molecular weight is 226 g/mol. The van der Waals surface area contributed by atoms with Crippen molar-refractivity contribution in [1.82, 2.24) is 0 Å². The Kier molecular flexibility index (Phi) is 4.37. The first-order chi connectivity index (χ1) is 5.83. The molecule has 0 nitrogen and oxygen atoms in total. The Hall–Kier alpha value is -0.300. The van der Waals surface area contributed by atoms with E-state index >= 15 is 0 Å². The summed E-state index contributed by atoms with van der Waals surface area (Å²) >= 11 is 3.41. The molecule has 1 heteroatoms. The maximum Gasteiger partial charge on any atom is 0.0175 e. The molecule has 0 heterocycles. The standard InChI is InChI=1S/C11H14Br/c1-2-3-4-5-10-6-8-11(12)9-7-10/h5-9H,2-4H2,1H3. The van der Waals surface area contributed by atoms with Crippen molar-refractivity contribution in [3.63, 3.8) is 0 Å². The predicted octanol–water partition coefficient (Wildman–Crippen LogP) is 4.19. The van der Waals surface area contributed by atoms with E-state index in [4.69, 9.17) is 0 Å². The molecule has 1 aromatic rings. The molecule has 0 amide bonds. The van der Waals surface area contributed by atoms with Crippen molar-refractivity contribution in [3.05, 3.63) is 40.7 Å². The fourth-order valence-corrected chi connectivity index (χ4v) is 1.34. The Bertz CT molecular complexity index is 213. The number of hydrogen-bond donors (Lipinski definition) is 0. The highest BCUT2D eigenvalue weighted by Gasteiger charge is 1.92. The number of halogens is 1. The van der Waals surface area contributed by atoms with Crippen molar-refractivity contribution in [2.24, 2.45) is 0 Å². The van der Waals surface area contributed by atoms with Gasteiger partial charge in [-0.1, -0.05) is 47.8 Å². The van der Waals surface area contributed by atoms with Crippen LogP contribution >= 0.6 is 15.9 Å². The highest BCUT2D eigenvalue weighted by atomic mass is 79.9. The van der Waals surface area contributed by atoms with Crippen molar-refractivity contribution in [3.8, 4) is 0 Å². The zero-order valence-corrected chi connectivity index (χ0v) is 8.97. The maximum absolute atomic E-state index is 3.41. The summed E-state index contributed by atoms with van der Waals surface area (Å²) in [4.78, 5) is 0. The van der Waals surface area contributed by atoms with E-state index in [0.29, 0.717) is 0 Å². The number of hydrogen-bond acceptors (Lipinski definition) is 0. The summed E-state index contributed by atoms with van der Waals surface area (Å²) in [6.07, 6.45) is 6.04. The summed E-state index contributed by atoms with van der Waals surface area (Å²) in [5.74, 6) is 0. The minimum atomic E-state index is 1.15. The van der Waals surface area contributed by atoms with Crippen LogP contribution in [0.4, 0.5) is 0 Å². The molecule has 0 spiro atoms. The smallest absolute Gasteiger partial charge is 0.0175 e. The lowest BCUT2D eigenvalue weighted by atomic mass is 10.1. The van der Waals surface area contributed by atoms with Crippen LogP contribution in [0.5, 0.6) is 0 Å². The summed E-state index contributed by atoms with van der Waals surface area (Å²) in [6.45, 7) is 2.22. The highest BCUT2D eigenvalue weighted by molar-refractivity contribution is 9.10. The van der Waals surface area contributed by atoms with Gasteiger partial charge in [-0.2, -0.15) is 0 Å². The molecule has 0 unspecified atom stereocenters. The normalized spacial score (nSPS) is 10.2. The molecular formula is C11H14Br. The van der Waals surface area contributed by atoms with Gasteiger partial charge in [0.15, 0.2) is 0 Å². The molecule has 0 atom stereocenters. The van der Waals surface area contributed by atoms with Crippen molar-refractivity contribution in [1.29, 1.82) is 0 Å². The number of benzene rings is 1. The second-order valence-corrected chi connectivity index (χ2v) is 3.81. The van der Waals surface area contributed by atoms with E-state index in [1.807, 2.05) is 0 Å². The molecule has 0 bridgehead atoms. The van der Waals surface area contributed by atoms with Gasteiger partial charge in [-0.25, -0.2) is 0 Å². The van der Waals surface area contributed by atoms with Gasteiger partial charge >= 0.3 is 0 Å². The first-order valence-corrected chi connectivity index (χ1v) is 5.21. The maximum atomic E-state index is 3.41. The monoisotopic (exact) mass is 225 g/mol. The second kappa shape index (κ2) is 5.36. The third-order valence-corrected chi connectivity index (χ3v) is 2.34. The van der Waals surface area contributed by atoms with Crippen LogP contribution in [0, 0.1) is 6.42 Å². The molecule has 0 aliphatic heterocycles. The van der Waals surface area contributed by atoms with E-state index in [2.05, 4.69) is 53.5 Å². The minimum absolute atomic E-state index is 1.15. The fourth-order valence-electron chi connectivity index (χ4n) is 1.07. The van der Waals surface area contributed by atoms with Crippen LogP contribution in [0.25, 0.3) is 0 Å². The molecule has 0 fully saturated rings. The molecule has 1 rings (SSSR count). The van der Waals surface area contributed by atoms with E-state index in [-0.39, 0.29) is 0 Å². The summed E-state index contributed by atoms with van der Waals surface area (Å²) in [5, 5.41) is 0. The molecule has 1 aromatic carbocycles.